The minimum atomic E-state index is -0.277. The van der Waals surface area contributed by atoms with Gasteiger partial charge in [0.15, 0.2) is 0 Å². The molecule has 1 aromatic carbocycles. The summed E-state index contributed by atoms with van der Waals surface area (Å²) in [5.41, 5.74) is 0.967. The molecule has 2 aliphatic rings. The van der Waals surface area contributed by atoms with Crippen LogP contribution in [0.4, 0.5) is 5.69 Å². The van der Waals surface area contributed by atoms with Crippen molar-refractivity contribution < 1.29 is 9.59 Å². The molecule has 23 heavy (non-hydrogen) atoms. The number of carbonyl (C=O) groups is 2. The maximum Gasteiger partial charge on any atom is 0.252 e. The molecule has 2 amide bonds. The molecule has 0 spiro atoms. The normalized spacial score (nSPS) is 22.5. The summed E-state index contributed by atoms with van der Waals surface area (Å²) in [6, 6.07) is 5.50. The average Bonchev–Trinajstić information content (AvgIpc) is 2.86. The van der Waals surface area contributed by atoms with Crippen molar-refractivity contribution in [1.29, 1.82) is 0 Å². The summed E-state index contributed by atoms with van der Waals surface area (Å²) < 4.78 is 0. The summed E-state index contributed by atoms with van der Waals surface area (Å²) in [4.78, 5) is 27.2. The molecule has 123 valence electrons. The molecule has 1 aromatic rings. The maximum absolute atomic E-state index is 11.5. The molecule has 1 radical (unpaired) electrons. The van der Waals surface area contributed by atoms with E-state index in [0.717, 1.165) is 38.4 Å². The Morgan fingerprint density at radius 3 is 2.52 bits per heavy atom. The van der Waals surface area contributed by atoms with Gasteiger partial charge in [0, 0.05) is 37.6 Å². The Morgan fingerprint density at radius 1 is 1.13 bits per heavy atom. The lowest BCUT2D eigenvalue weighted by molar-refractivity contribution is -0.126. The topological polar surface area (TPSA) is 54.7 Å². The molecule has 5 nitrogen and oxygen atoms in total. The molecular weight excluding hydrogens is 337 g/mol. The number of carbonyl (C=O) groups excluding carboxylic acids is 2. The van der Waals surface area contributed by atoms with E-state index >= 15 is 0 Å². The third-order valence-electron chi connectivity index (χ3n) is 4.42. The number of nitrogens with zero attached hydrogens (tertiary/aromatic N) is 3. The number of halogens is 2. The Kier molecular flexibility index (Phi) is 5.09. The van der Waals surface area contributed by atoms with Gasteiger partial charge in [-0.05, 0) is 31.2 Å². The van der Waals surface area contributed by atoms with Gasteiger partial charge in [-0.1, -0.05) is 23.2 Å². The zero-order valence-electron chi connectivity index (χ0n) is 12.7. The van der Waals surface area contributed by atoms with E-state index in [1.165, 1.54) is 0 Å². The second-order valence-corrected chi connectivity index (χ2v) is 6.80. The Bertz CT molecular complexity index is 615. The van der Waals surface area contributed by atoms with Crippen molar-refractivity contribution in [1.82, 2.24) is 10.2 Å². The summed E-state index contributed by atoms with van der Waals surface area (Å²) in [7, 11) is 0. The Morgan fingerprint density at radius 2 is 1.87 bits per heavy atom. The highest BCUT2D eigenvalue weighted by atomic mass is 35.5. The number of hydrogen-bond donors (Lipinski definition) is 0. The van der Waals surface area contributed by atoms with Gasteiger partial charge in [0.1, 0.15) is 0 Å². The van der Waals surface area contributed by atoms with Crippen LogP contribution in [0.15, 0.2) is 18.2 Å². The quantitative estimate of drug-likeness (QED) is 0.777. The lowest BCUT2D eigenvalue weighted by Crippen LogP contribution is -2.47. The van der Waals surface area contributed by atoms with Gasteiger partial charge in [-0.3, -0.25) is 14.5 Å². The van der Waals surface area contributed by atoms with E-state index in [4.69, 9.17) is 23.2 Å². The molecule has 1 unspecified atom stereocenters. The fourth-order valence-electron chi connectivity index (χ4n) is 3.06. The number of hydrogen-bond acceptors (Lipinski definition) is 4. The van der Waals surface area contributed by atoms with Crippen LogP contribution in [-0.4, -0.2) is 49.4 Å². The van der Waals surface area contributed by atoms with Crippen LogP contribution in [0.2, 0.25) is 10.0 Å². The fourth-order valence-corrected chi connectivity index (χ4v) is 3.47. The lowest BCUT2D eigenvalue weighted by atomic mass is 10.0. The SMILES string of the molecule is O=C1CC(CCN2CCN(c3cc(Cl)ccc3Cl)CC2)C(=O)[N]1. The monoisotopic (exact) mass is 354 g/mol. The third kappa shape index (κ3) is 3.97. The van der Waals surface area contributed by atoms with Crippen LogP contribution in [0.5, 0.6) is 0 Å². The predicted octanol–water partition coefficient (Wildman–Crippen LogP) is 2.18. The Balaban J connectivity index is 1.50. The van der Waals surface area contributed by atoms with Crippen molar-refractivity contribution in [3.8, 4) is 0 Å². The first-order valence-corrected chi connectivity index (χ1v) is 8.49. The van der Waals surface area contributed by atoms with Crippen molar-refractivity contribution >= 4 is 40.7 Å². The van der Waals surface area contributed by atoms with Gasteiger partial charge >= 0.3 is 0 Å². The van der Waals surface area contributed by atoms with E-state index in [1.807, 2.05) is 12.1 Å². The Labute approximate surface area is 145 Å². The molecule has 0 saturated carbocycles. The molecule has 0 bridgehead atoms. The van der Waals surface area contributed by atoms with Crippen LogP contribution in [0.25, 0.3) is 0 Å². The first kappa shape index (κ1) is 16.6. The van der Waals surface area contributed by atoms with Crippen molar-refractivity contribution in [2.75, 3.05) is 37.6 Å². The van der Waals surface area contributed by atoms with Gasteiger partial charge in [0.25, 0.3) is 5.91 Å². The highest BCUT2D eigenvalue weighted by molar-refractivity contribution is 6.35. The largest absolute Gasteiger partial charge is 0.368 e. The lowest BCUT2D eigenvalue weighted by Gasteiger charge is -2.36. The smallest absolute Gasteiger partial charge is 0.252 e. The number of piperazine rings is 1. The van der Waals surface area contributed by atoms with Crippen LogP contribution in [0.1, 0.15) is 12.8 Å². The summed E-state index contributed by atoms with van der Waals surface area (Å²) >= 11 is 12.3. The van der Waals surface area contributed by atoms with Gasteiger partial charge in [0.2, 0.25) is 5.91 Å². The molecule has 0 aliphatic carbocycles. The van der Waals surface area contributed by atoms with Gasteiger partial charge in [0.05, 0.1) is 16.6 Å². The molecule has 2 aliphatic heterocycles. The zero-order valence-corrected chi connectivity index (χ0v) is 14.2. The molecule has 2 saturated heterocycles. The number of benzene rings is 1. The van der Waals surface area contributed by atoms with Crippen molar-refractivity contribution in [3.05, 3.63) is 28.2 Å². The molecule has 0 N–H and O–H groups in total. The number of anilines is 1. The summed E-state index contributed by atoms with van der Waals surface area (Å²) in [5, 5.41) is 4.86. The number of imide groups is 1. The molecule has 2 fully saturated rings. The van der Waals surface area contributed by atoms with Crippen molar-refractivity contribution in [2.24, 2.45) is 5.92 Å². The van der Waals surface area contributed by atoms with Gasteiger partial charge < -0.3 is 4.90 Å². The van der Waals surface area contributed by atoms with E-state index in [1.54, 1.807) is 6.07 Å². The van der Waals surface area contributed by atoms with Crippen LogP contribution in [-0.2, 0) is 9.59 Å². The van der Waals surface area contributed by atoms with E-state index in [2.05, 4.69) is 15.1 Å². The second-order valence-electron chi connectivity index (χ2n) is 5.96. The predicted molar refractivity (Wildman–Crippen MR) is 90.0 cm³/mol. The standard InChI is InChI=1S/C16H18Cl2N3O2/c17-12-1-2-13(18)14(10-12)21-7-5-20(6-8-21)4-3-11-9-15(22)19-16(11)23/h1-2,10-11H,3-9H2. The van der Waals surface area contributed by atoms with E-state index < -0.39 is 0 Å². The fraction of sp³-hybridized carbons (Fsp3) is 0.500. The van der Waals surface area contributed by atoms with Crippen LogP contribution >= 0.6 is 23.2 Å². The number of rotatable bonds is 4. The first-order valence-electron chi connectivity index (χ1n) is 7.73. The first-order chi connectivity index (χ1) is 11.0. The highest BCUT2D eigenvalue weighted by Gasteiger charge is 2.32. The summed E-state index contributed by atoms with van der Waals surface area (Å²) in [6.07, 6.45) is 0.975. The highest BCUT2D eigenvalue weighted by Crippen LogP contribution is 2.29. The third-order valence-corrected chi connectivity index (χ3v) is 4.97. The molecular formula is C16H18Cl2N3O2. The van der Waals surface area contributed by atoms with Gasteiger partial charge in [-0.2, -0.15) is 5.32 Å². The van der Waals surface area contributed by atoms with E-state index in [9.17, 15) is 9.59 Å². The molecule has 0 aromatic heterocycles. The maximum atomic E-state index is 11.5. The average molecular weight is 355 g/mol. The molecule has 3 rings (SSSR count). The minimum absolute atomic E-state index is 0.220. The van der Waals surface area contributed by atoms with Crippen LogP contribution < -0.4 is 10.2 Å². The minimum Gasteiger partial charge on any atom is -0.368 e. The molecule has 1 atom stereocenters. The van der Waals surface area contributed by atoms with Gasteiger partial charge in [-0.25, -0.2) is 0 Å². The second kappa shape index (κ2) is 7.07. The van der Waals surface area contributed by atoms with Crippen molar-refractivity contribution in [3.63, 3.8) is 0 Å². The molecule has 7 heteroatoms. The molecule has 2 heterocycles. The van der Waals surface area contributed by atoms with Crippen LogP contribution in [0, 0.1) is 5.92 Å². The number of amides is 2. The van der Waals surface area contributed by atoms with Crippen LogP contribution in [0.3, 0.4) is 0 Å². The van der Waals surface area contributed by atoms with E-state index in [0.29, 0.717) is 16.5 Å². The van der Waals surface area contributed by atoms with E-state index in [-0.39, 0.29) is 24.2 Å². The summed E-state index contributed by atoms with van der Waals surface area (Å²) in [6.45, 7) is 4.34. The summed E-state index contributed by atoms with van der Waals surface area (Å²) in [5.74, 6) is -0.748. The van der Waals surface area contributed by atoms with Gasteiger partial charge in [-0.15, -0.1) is 0 Å². The zero-order chi connectivity index (χ0) is 16.4. The Hall–Kier alpha value is -1.30. The van der Waals surface area contributed by atoms with Crippen molar-refractivity contribution in [2.45, 2.75) is 12.8 Å².